The van der Waals surface area contributed by atoms with Gasteiger partial charge in [-0.15, -0.1) is 24.8 Å². The van der Waals surface area contributed by atoms with Crippen molar-refractivity contribution in [3.63, 3.8) is 0 Å². The van der Waals surface area contributed by atoms with Crippen molar-refractivity contribution in [3.8, 4) is 0 Å². The molecule has 0 aliphatic rings. The molecule has 0 radical (unpaired) electrons. The molecule has 4 heteroatoms. The molecule has 30 heavy (non-hydrogen) atoms. The lowest BCUT2D eigenvalue weighted by Gasteiger charge is -2.23. The lowest BCUT2D eigenvalue weighted by molar-refractivity contribution is 0.827. The summed E-state index contributed by atoms with van der Waals surface area (Å²) >= 11 is 0. The van der Waals surface area contributed by atoms with Crippen molar-refractivity contribution in [2.75, 3.05) is 23.7 Å². The summed E-state index contributed by atoms with van der Waals surface area (Å²) in [6.45, 7) is 20.0. The highest BCUT2D eigenvalue weighted by molar-refractivity contribution is 5.85. The van der Waals surface area contributed by atoms with Crippen LogP contribution in [0.1, 0.15) is 101 Å². The van der Waals surface area contributed by atoms with Crippen LogP contribution in [0.2, 0.25) is 0 Å². The van der Waals surface area contributed by atoms with E-state index >= 15 is 0 Å². The third-order valence-electron chi connectivity index (χ3n) is 5.47. The van der Waals surface area contributed by atoms with Gasteiger partial charge in [0.2, 0.25) is 0 Å². The molecule has 0 atom stereocenters. The van der Waals surface area contributed by atoms with Crippen LogP contribution in [0.4, 0.5) is 11.4 Å². The number of para-hydroxylation sites is 2. The minimum Gasteiger partial charge on any atom is -0.383 e. The first kappa shape index (κ1) is 28.6. The lowest BCUT2D eigenvalue weighted by Crippen LogP contribution is -2.18. The summed E-state index contributed by atoms with van der Waals surface area (Å²) < 4.78 is 0. The molecule has 0 aliphatic carbocycles. The van der Waals surface area contributed by atoms with E-state index in [9.17, 15) is 0 Å². The molecular formula is C26H42Cl2N2. The van der Waals surface area contributed by atoms with Crippen LogP contribution in [-0.4, -0.2) is 13.1 Å². The van der Waals surface area contributed by atoms with Crippen molar-refractivity contribution < 1.29 is 0 Å². The van der Waals surface area contributed by atoms with Gasteiger partial charge in [-0.05, 0) is 45.9 Å². The number of nitrogens with one attached hydrogen (secondary N) is 2. The lowest BCUT2D eigenvalue weighted by atomic mass is 9.92. The highest BCUT2D eigenvalue weighted by Crippen LogP contribution is 2.33. The van der Waals surface area contributed by atoms with Gasteiger partial charge in [0.25, 0.3) is 0 Å². The number of hydrogen-bond acceptors (Lipinski definition) is 2. The van der Waals surface area contributed by atoms with Crippen LogP contribution in [0, 0.1) is 0 Å². The average Bonchev–Trinajstić information content (AvgIpc) is 2.64. The summed E-state index contributed by atoms with van der Waals surface area (Å²) in [5.74, 6) is 2.07. The summed E-state index contributed by atoms with van der Waals surface area (Å²) in [6, 6.07) is 13.4. The highest BCUT2D eigenvalue weighted by Gasteiger charge is 2.15. The molecule has 2 rings (SSSR count). The molecule has 2 aromatic carbocycles. The Morgan fingerprint density at radius 3 is 0.933 bits per heavy atom. The van der Waals surface area contributed by atoms with Gasteiger partial charge in [-0.3, -0.25) is 0 Å². The second-order valence-electron chi connectivity index (χ2n) is 9.10. The molecule has 0 unspecified atom stereocenters. The molecule has 0 amide bonds. The Morgan fingerprint density at radius 1 is 0.500 bits per heavy atom. The fourth-order valence-corrected chi connectivity index (χ4v) is 3.89. The van der Waals surface area contributed by atoms with Crippen LogP contribution < -0.4 is 10.6 Å². The molecule has 170 valence electrons. The quantitative estimate of drug-likeness (QED) is 0.372. The van der Waals surface area contributed by atoms with Gasteiger partial charge in [-0.1, -0.05) is 91.8 Å². The maximum absolute atomic E-state index is 3.75. The van der Waals surface area contributed by atoms with Gasteiger partial charge in [0.15, 0.2) is 0 Å². The van der Waals surface area contributed by atoms with Gasteiger partial charge < -0.3 is 10.6 Å². The second-order valence-corrected chi connectivity index (χ2v) is 9.10. The first-order valence-electron chi connectivity index (χ1n) is 11.0. The van der Waals surface area contributed by atoms with Crippen molar-refractivity contribution in [2.24, 2.45) is 0 Å². The maximum Gasteiger partial charge on any atom is 0.0411 e. The van der Waals surface area contributed by atoms with Crippen molar-refractivity contribution in [1.29, 1.82) is 0 Å². The van der Waals surface area contributed by atoms with E-state index in [4.69, 9.17) is 0 Å². The van der Waals surface area contributed by atoms with E-state index in [0.717, 1.165) is 13.1 Å². The number of rotatable bonds is 9. The Labute approximate surface area is 197 Å². The zero-order chi connectivity index (χ0) is 20.8. The van der Waals surface area contributed by atoms with Crippen LogP contribution in [-0.2, 0) is 0 Å². The summed E-state index contributed by atoms with van der Waals surface area (Å²) in [4.78, 5) is 0. The minimum absolute atomic E-state index is 0. The Bertz CT molecular complexity index is 650. The molecule has 0 aliphatic heterocycles. The van der Waals surface area contributed by atoms with Crippen molar-refractivity contribution in [2.45, 2.75) is 79.1 Å². The average molecular weight is 454 g/mol. The predicted molar refractivity (Wildman–Crippen MR) is 141 cm³/mol. The first-order valence-corrected chi connectivity index (χ1v) is 11.0. The molecule has 0 saturated heterocycles. The van der Waals surface area contributed by atoms with E-state index in [0.29, 0.717) is 23.7 Å². The topological polar surface area (TPSA) is 24.1 Å². The summed E-state index contributed by atoms with van der Waals surface area (Å²) in [5.41, 5.74) is 8.31. The van der Waals surface area contributed by atoms with E-state index < -0.39 is 0 Å². The molecule has 0 aromatic heterocycles. The third kappa shape index (κ3) is 7.10. The van der Waals surface area contributed by atoms with Gasteiger partial charge in [-0.2, -0.15) is 0 Å². The number of hydrogen-bond donors (Lipinski definition) is 2. The molecule has 0 saturated carbocycles. The van der Waals surface area contributed by atoms with Gasteiger partial charge in [0.1, 0.15) is 0 Å². The highest BCUT2D eigenvalue weighted by atomic mass is 35.5. The van der Waals surface area contributed by atoms with Crippen LogP contribution in [0.15, 0.2) is 36.4 Å². The fraction of sp³-hybridized carbons (Fsp3) is 0.538. The van der Waals surface area contributed by atoms with Gasteiger partial charge >= 0.3 is 0 Å². The molecule has 0 bridgehead atoms. The Hall–Kier alpha value is -1.38. The van der Waals surface area contributed by atoms with Crippen molar-refractivity contribution in [3.05, 3.63) is 58.7 Å². The standard InChI is InChI=1S/C26H40N2.2ClH/c1-17(2)21-11-9-12-22(18(3)4)25(21)27-15-16-28-26-23(19(5)6)13-10-14-24(26)20(7)8;;/h9-14,17-20,27-28H,15-16H2,1-8H3;2*1H. The molecule has 2 aromatic rings. The minimum atomic E-state index is 0. The van der Waals surface area contributed by atoms with Crippen molar-refractivity contribution >= 4 is 36.2 Å². The third-order valence-corrected chi connectivity index (χ3v) is 5.47. The van der Waals surface area contributed by atoms with Gasteiger partial charge in [0, 0.05) is 24.5 Å². The largest absolute Gasteiger partial charge is 0.383 e. The summed E-state index contributed by atoms with van der Waals surface area (Å²) in [5, 5.41) is 7.50. The SMILES string of the molecule is CC(C)c1cccc(C(C)C)c1NCCNc1c(C(C)C)cccc1C(C)C.Cl.Cl. The molecule has 0 spiro atoms. The maximum atomic E-state index is 3.75. The van der Waals surface area contributed by atoms with Gasteiger partial charge in [0.05, 0.1) is 0 Å². The van der Waals surface area contributed by atoms with Crippen molar-refractivity contribution in [1.82, 2.24) is 0 Å². The van der Waals surface area contributed by atoms with E-state index in [-0.39, 0.29) is 24.8 Å². The Morgan fingerprint density at radius 2 is 0.733 bits per heavy atom. The number of benzene rings is 2. The summed E-state index contributed by atoms with van der Waals surface area (Å²) in [6.07, 6.45) is 0. The zero-order valence-electron chi connectivity index (χ0n) is 20.0. The van der Waals surface area contributed by atoms with E-state index in [1.54, 1.807) is 0 Å². The van der Waals surface area contributed by atoms with E-state index in [1.165, 1.54) is 33.6 Å². The second kappa shape index (κ2) is 13.1. The Balaban J connectivity index is 0.00000420. The number of anilines is 2. The number of halogens is 2. The first-order chi connectivity index (χ1) is 13.2. The Kier molecular flexibility index (Phi) is 12.5. The van der Waals surface area contributed by atoms with Crippen LogP contribution >= 0.6 is 24.8 Å². The predicted octanol–water partition coefficient (Wildman–Crippen LogP) is 8.55. The van der Waals surface area contributed by atoms with Crippen LogP contribution in [0.5, 0.6) is 0 Å². The molecule has 0 fully saturated rings. The van der Waals surface area contributed by atoms with E-state index in [2.05, 4.69) is 102 Å². The van der Waals surface area contributed by atoms with E-state index in [1.807, 2.05) is 0 Å². The smallest absolute Gasteiger partial charge is 0.0411 e. The summed E-state index contributed by atoms with van der Waals surface area (Å²) in [7, 11) is 0. The molecule has 0 heterocycles. The van der Waals surface area contributed by atoms with Crippen LogP contribution in [0.3, 0.4) is 0 Å². The van der Waals surface area contributed by atoms with Crippen LogP contribution in [0.25, 0.3) is 0 Å². The molecule has 2 nitrogen and oxygen atoms in total. The fourth-order valence-electron chi connectivity index (χ4n) is 3.89. The molecule has 2 N–H and O–H groups in total. The van der Waals surface area contributed by atoms with Gasteiger partial charge in [-0.25, -0.2) is 0 Å². The molecular weight excluding hydrogens is 411 g/mol. The monoisotopic (exact) mass is 452 g/mol. The zero-order valence-corrected chi connectivity index (χ0v) is 21.6. The normalized spacial score (nSPS) is 10.9.